The molecule has 0 bridgehead atoms. The van der Waals surface area contributed by atoms with Gasteiger partial charge in [-0.25, -0.2) is 0 Å². The second-order valence-electron chi connectivity index (χ2n) is 4.30. The Hall–Kier alpha value is -0.0800. The molecule has 0 aromatic carbocycles. The highest BCUT2D eigenvalue weighted by molar-refractivity contribution is 4.50. The highest BCUT2D eigenvalue weighted by Gasteiger charge is 1.91. The number of hydrogen-bond donors (Lipinski definition) is 2. The first-order valence-electron chi connectivity index (χ1n) is 6.73. The monoisotopic (exact) mass is 215 g/mol. The molecule has 15 heavy (non-hydrogen) atoms. The second kappa shape index (κ2) is 13.9. The van der Waals surface area contributed by atoms with Gasteiger partial charge in [0.25, 0.3) is 0 Å². The number of aliphatic hydroxyl groups excluding tert-OH is 1. The van der Waals surface area contributed by atoms with E-state index >= 15 is 0 Å². The zero-order chi connectivity index (χ0) is 11.2. The molecule has 0 rings (SSSR count). The van der Waals surface area contributed by atoms with Crippen molar-refractivity contribution in [3.8, 4) is 0 Å². The van der Waals surface area contributed by atoms with Crippen molar-refractivity contribution in [2.75, 3.05) is 19.7 Å². The quantitative estimate of drug-likeness (QED) is 0.490. The van der Waals surface area contributed by atoms with Gasteiger partial charge in [0.15, 0.2) is 0 Å². The van der Waals surface area contributed by atoms with Crippen LogP contribution in [-0.4, -0.2) is 24.8 Å². The van der Waals surface area contributed by atoms with Crippen LogP contribution in [0.1, 0.15) is 64.7 Å². The summed E-state index contributed by atoms with van der Waals surface area (Å²) in [5, 5.41) is 12.1. The molecule has 2 heteroatoms. The second-order valence-corrected chi connectivity index (χ2v) is 4.30. The van der Waals surface area contributed by atoms with Gasteiger partial charge in [0.2, 0.25) is 0 Å². The van der Waals surface area contributed by atoms with E-state index in [1.165, 1.54) is 64.5 Å². The van der Waals surface area contributed by atoms with Crippen molar-refractivity contribution in [1.82, 2.24) is 5.32 Å². The van der Waals surface area contributed by atoms with Crippen molar-refractivity contribution >= 4 is 0 Å². The summed E-state index contributed by atoms with van der Waals surface area (Å²) >= 11 is 0. The topological polar surface area (TPSA) is 32.3 Å². The molecule has 0 fully saturated rings. The highest BCUT2D eigenvalue weighted by atomic mass is 16.2. The molecule has 0 saturated heterocycles. The van der Waals surface area contributed by atoms with Crippen LogP contribution in [0.3, 0.4) is 0 Å². The van der Waals surface area contributed by atoms with Gasteiger partial charge in [-0.1, -0.05) is 45.4 Å². The lowest BCUT2D eigenvalue weighted by Crippen LogP contribution is -2.16. The Morgan fingerprint density at radius 3 is 1.87 bits per heavy atom. The van der Waals surface area contributed by atoms with E-state index in [2.05, 4.69) is 12.2 Å². The molecule has 0 amide bonds. The Labute approximate surface area is 95.5 Å². The predicted molar refractivity (Wildman–Crippen MR) is 67.2 cm³/mol. The smallest absolute Gasteiger partial charge is 0.0431 e. The fourth-order valence-electron chi connectivity index (χ4n) is 1.67. The Morgan fingerprint density at radius 2 is 1.27 bits per heavy atom. The zero-order valence-electron chi connectivity index (χ0n) is 10.4. The summed E-state index contributed by atoms with van der Waals surface area (Å²) in [7, 11) is 0. The summed E-state index contributed by atoms with van der Waals surface area (Å²) in [5.74, 6) is 0. The van der Waals surface area contributed by atoms with Gasteiger partial charge < -0.3 is 10.4 Å². The van der Waals surface area contributed by atoms with E-state index < -0.39 is 0 Å². The Morgan fingerprint density at radius 1 is 0.733 bits per heavy atom. The van der Waals surface area contributed by atoms with Crippen LogP contribution < -0.4 is 5.32 Å². The normalized spacial score (nSPS) is 10.8. The third-order valence-corrected chi connectivity index (χ3v) is 2.72. The third-order valence-electron chi connectivity index (χ3n) is 2.72. The van der Waals surface area contributed by atoms with Gasteiger partial charge >= 0.3 is 0 Å². The van der Waals surface area contributed by atoms with E-state index in [0.717, 1.165) is 6.42 Å². The van der Waals surface area contributed by atoms with E-state index in [0.29, 0.717) is 6.61 Å². The van der Waals surface area contributed by atoms with Crippen LogP contribution in [0.15, 0.2) is 0 Å². The summed E-state index contributed by atoms with van der Waals surface area (Å²) in [5.41, 5.74) is 0. The highest BCUT2D eigenvalue weighted by Crippen LogP contribution is 2.06. The lowest BCUT2D eigenvalue weighted by Gasteiger charge is -2.03. The van der Waals surface area contributed by atoms with Crippen LogP contribution in [-0.2, 0) is 0 Å². The number of rotatable bonds is 12. The molecule has 0 aromatic heterocycles. The maximum Gasteiger partial charge on any atom is 0.0431 e. The number of aliphatic hydroxyl groups is 1. The van der Waals surface area contributed by atoms with Gasteiger partial charge in [0.1, 0.15) is 0 Å². The Kier molecular flexibility index (Phi) is 13.8. The average molecular weight is 215 g/mol. The van der Waals surface area contributed by atoms with E-state index in [-0.39, 0.29) is 0 Å². The molecular formula is C13H29NO. The molecular weight excluding hydrogens is 186 g/mol. The van der Waals surface area contributed by atoms with Crippen LogP contribution in [0.4, 0.5) is 0 Å². The van der Waals surface area contributed by atoms with Gasteiger partial charge in [-0.3, -0.25) is 0 Å². The minimum absolute atomic E-state index is 0.362. The van der Waals surface area contributed by atoms with Crippen LogP contribution in [0.25, 0.3) is 0 Å². The fourth-order valence-corrected chi connectivity index (χ4v) is 1.67. The van der Waals surface area contributed by atoms with Crippen molar-refractivity contribution in [3.05, 3.63) is 0 Å². The maximum atomic E-state index is 8.60. The number of unbranched alkanes of at least 4 members (excludes halogenated alkanes) is 7. The fraction of sp³-hybridized carbons (Fsp3) is 1.00. The molecule has 0 aliphatic rings. The average Bonchev–Trinajstić information content (AvgIpc) is 2.26. The summed E-state index contributed by atoms with van der Waals surface area (Å²) in [6, 6.07) is 0. The predicted octanol–water partition coefficient (Wildman–Crippen LogP) is 3.10. The first-order chi connectivity index (χ1) is 7.41. The largest absolute Gasteiger partial charge is 0.396 e. The SMILES string of the molecule is CCCCNCCCCCCCCCO. The first-order valence-corrected chi connectivity index (χ1v) is 6.73. The summed E-state index contributed by atoms with van der Waals surface area (Å²) < 4.78 is 0. The van der Waals surface area contributed by atoms with E-state index in [4.69, 9.17) is 5.11 Å². The minimum atomic E-state index is 0.362. The Bertz CT molecular complexity index is 94.7. The molecule has 0 atom stereocenters. The number of hydrogen-bond acceptors (Lipinski definition) is 2. The van der Waals surface area contributed by atoms with Gasteiger partial charge in [-0.2, -0.15) is 0 Å². The summed E-state index contributed by atoms with van der Waals surface area (Å²) in [4.78, 5) is 0. The molecule has 0 aromatic rings. The molecule has 2 nitrogen and oxygen atoms in total. The van der Waals surface area contributed by atoms with E-state index in [9.17, 15) is 0 Å². The third kappa shape index (κ3) is 13.9. The molecule has 0 saturated carbocycles. The van der Waals surface area contributed by atoms with E-state index in [1.807, 2.05) is 0 Å². The molecule has 0 unspecified atom stereocenters. The molecule has 0 spiro atoms. The molecule has 0 heterocycles. The van der Waals surface area contributed by atoms with Crippen molar-refractivity contribution in [1.29, 1.82) is 0 Å². The van der Waals surface area contributed by atoms with E-state index in [1.54, 1.807) is 0 Å². The van der Waals surface area contributed by atoms with Crippen LogP contribution in [0.5, 0.6) is 0 Å². The molecule has 0 aliphatic carbocycles. The molecule has 0 aliphatic heterocycles. The lowest BCUT2D eigenvalue weighted by atomic mass is 10.1. The van der Waals surface area contributed by atoms with Crippen molar-refractivity contribution in [2.45, 2.75) is 64.7 Å². The van der Waals surface area contributed by atoms with Gasteiger partial charge in [-0.15, -0.1) is 0 Å². The summed E-state index contributed by atoms with van der Waals surface area (Å²) in [6.45, 7) is 4.97. The minimum Gasteiger partial charge on any atom is -0.396 e. The standard InChI is InChI=1S/C13H29NO/c1-2-3-11-14-12-9-7-5-4-6-8-10-13-15/h14-15H,2-13H2,1H3. The van der Waals surface area contributed by atoms with Gasteiger partial charge in [0, 0.05) is 6.61 Å². The van der Waals surface area contributed by atoms with Crippen LogP contribution in [0.2, 0.25) is 0 Å². The molecule has 2 N–H and O–H groups in total. The molecule has 0 radical (unpaired) electrons. The summed E-state index contributed by atoms with van der Waals surface area (Å²) in [6.07, 6.45) is 11.5. The molecule has 92 valence electrons. The van der Waals surface area contributed by atoms with Crippen molar-refractivity contribution in [3.63, 3.8) is 0 Å². The first kappa shape index (κ1) is 14.9. The van der Waals surface area contributed by atoms with Gasteiger partial charge in [0.05, 0.1) is 0 Å². The lowest BCUT2D eigenvalue weighted by molar-refractivity contribution is 0.282. The van der Waals surface area contributed by atoms with Gasteiger partial charge in [-0.05, 0) is 32.4 Å². The van der Waals surface area contributed by atoms with Crippen molar-refractivity contribution in [2.24, 2.45) is 0 Å². The van der Waals surface area contributed by atoms with Crippen LogP contribution >= 0.6 is 0 Å². The maximum absolute atomic E-state index is 8.60. The van der Waals surface area contributed by atoms with Crippen LogP contribution in [0, 0.1) is 0 Å². The Balaban J connectivity index is 2.81. The zero-order valence-corrected chi connectivity index (χ0v) is 10.4. The van der Waals surface area contributed by atoms with Crippen molar-refractivity contribution < 1.29 is 5.11 Å². The number of nitrogens with one attached hydrogen (secondary N) is 1.